The van der Waals surface area contributed by atoms with Gasteiger partial charge in [-0.1, -0.05) is 30.3 Å². The highest BCUT2D eigenvalue weighted by Gasteiger charge is 2.26. The summed E-state index contributed by atoms with van der Waals surface area (Å²) in [6.07, 6.45) is 5.85. The molecule has 0 amide bonds. The average Bonchev–Trinajstić information content (AvgIpc) is 3.09. The maximum atomic E-state index is 9.49. The summed E-state index contributed by atoms with van der Waals surface area (Å²) in [5, 5.41) is 9.49. The van der Waals surface area contributed by atoms with Crippen molar-refractivity contribution in [3.05, 3.63) is 54.1 Å². The number of imidazole rings is 1. The average molecular weight is 342 g/mol. The van der Waals surface area contributed by atoms with E-state index in [-0.39, 0.29) is 6.61 Å². The van der Waals surface area contributed by atoms with E-state index in [2.05, 4.69) is 62.8 Å². The fourth-order valence-electron chi connectivity index (χ4n) is 3.72. The molecule has 1 aliphatic rings. The number of hydrogen-bond acceptors (Lipinski definition) is 4. The summed E-state index contributed by atoms with van der Waals surface area (Å²) >= 11 is 0. The zero-order valence-corrected chi connectivity index (χ0v) is 15.2. The van der Waals surface area contributed by atoms with Crippen molar-refractivity contribution in [3.8, 4) is 0 Å². The first-order valence-corrected chi connectivity index (χ1v) is 9.41. The van der Waals surface area contributed by atoms with Crippen LogP contribution in [0.5, 0.6) is 0 Å². The minimum absolute atomic E-state index is 0.254. The van der Waals surface area contributed by atoms with Gasteiger partial charge in [0.25, 0.3) is 0 Å². The second kappa shape index (κ2) is 9.13. The van der Waals surface area contributed by atoms with Gasteiger partial charge >= 0.3 is 0 Å². The Morgan fingerprint density at radius 2 is 2.04 bits per heavy atom. The maximum Gasteiger partial charge on any atom is 0.122 e. The van der Waals surface area contributed by atoms with E-state index in [1.807, 2.05) is 6.20 Å². The van der Waals surface area contributed by atoms with Gasteiger partial charge in [0.15, 0.2) is 0 Å². The van der Waals surface area contributed by atoms with Gasteiger partial charge in [-0.25, -0.2) is 4.98 Å². The molecule has 0 spiro atoms. The van der Waals surface area contributed by atoms with Gasteiger partial charge in [-0.05, 0) is 25.3 Å². The van der Waals surface area contributed by atoms with E-state index in [1.165, 1.54) is 5.56 Å². The third kappa shape index (κ3) is 4.91. The molecule has 1 fully saturated rings. The van der Waals surface area contributed by atoms with Crippen molar-refractivity contribution in [1.82, 2.24) is 19.4 Å². The largest absolute Gasteiger partial charge is 0.396 e. The summed E-state index contributed by atoms with van der Waals surface area (Å²) in [4.78, 5) is 9.53. The normalized spacial score (nSPS) is 19.4. The van der Waals surface area contributed by atoms with Gasteiger partial charge in [-0.2, -0.15) is 0 Å². The van der Waals surface area contributed by atoms with Crippen LogP contribution < -0.4 is 0 Å². The minimum atomic E-state index is 0.254. The molecule has 5 nitrogen and oxygen atoms in total. The lowest BCUT2D eigenvalue weighted by Crippen LogP contribution is -2.53. The molecule has 0 saturated carbocycles. The third-order valence-electron chi connectivity index (χ3n) is 5.19. The Morgan fingerprint density at radius 3 is 2.80 bits per heavy atom. The van der Waals surface area contributed by atoms with Gasteiger partial charge in [0, 0.05) is 57.8 Å². The molecule has 1 saturated heterocycles. The summed E-state index contributed by atoms with van der Waals surface area (Å²) in [5.74, 6) is 1.14. The Labute approximate surface area is 150 Å². The zero-order chi connectivity index (χ0) is 17.5. The Balaban J connectivity index is 1.56. The highest BCUT2D eigenvalue weighted by atomic mass is 16.3. The van der Waals surface area contributed by atoms with Crippen LogP contribution in [0.4, 0.5) is 0 Å². The molecule has 0 radical (unpaired) electrons. The Morgan fingerprint density at radius 1 is 1.20 bits per heavy atom. The smallest absolute Gasteiger partial charge is 0.122 e. The molecule has 3 rings (SSSR count). The molecule has 1 aromatic carbocycles. The van der Waals surface area contributed by atoms with Crippen LogP contribution in [0.3, 0.4) is 0 Å². The van der Waals surface area contributed by atoms with Gasteiger partial charge in [0.05, 0.1) is 6.54 Å². The van der Waals surface area contributed by atoms with Crippen LogP contribution in [0.2, 0.25) is 0 Å². The number of rotatable bonds is 8. The first kappa shape index (κ1) is 18.1. The van der Waals surface area contributed by atoms with Crippen LogP contribution in [0.1, 0.15) is 24.7 Å². The molecule has 2 heterocycles. The van der Waals surface area contributed by atoms with Crippen molar-refractivity contribution < 1.29 is 5.11 Å². The topological polar surface area (TPSA) is 44.5 Å². The molecule has 136 valence electrons. The van der Waals surface area contributed by atoms with Crippen molar-refractivity contribution in [1.29, 1.82) is 0 Å². The van der Waals surface area contributed by atoms with E-state index in [0.717, 1.165) is 57.9 Å². The van der Waals surface area contributed by atoms with Gasteiger partial charge in [0.1, 0.15) is 5.82 Å². The van der Waals surface area contributed by atoms with Crippen molar-refractivity contribution in [3.63, 3.8) is 0 Å². The van der Waals surface area contributed by atoms with E-state index in [4.69, 9.17) is 0 Å². The second-order valence-electron chi connectivity index (χ2n) is 6.80. The minimum Gasteiger partial charge on any atom is -0.396 e. The first-order valence-electron chi connectivity index (χ1n) is 9.41. The third-order valence-corrected chi connectivity index (χ3v) is 5.19. The van der Waals surface area contributed by atoms with Crippen LogP contribution in [-0.4, -0.2) is 63.3 Å². The van der Waals surface area contributed by atoms with Crippen LogP contribution in [-0.2, 0) is 19.5 Å². The zero-order valence-electron chi connectivity index (χ0n) is 15.2. The number of nitrogens with zero attached hydrogens (tertiary/aromatic N) is 4. The highest BCUT2D eigenvalue weighted by molar-refractivity contribution is 5.15. The van der Waals surface area contributed by atoms with Crippen LogP contribution in [0.15, 0.2) is 42.7 Å². The quantitative estimate of drug-likeness (QED) is 0.797. The fourth-order valence-corrected chi connectivity index (χ4v) is 3.72. The van der Waals surface area contributed by atoms with E-state index in [0.29, 0.717) is 6.04 Å². The summed E-state index contributed by atoms with van der Waals surface area (Å²) in [5.41, 5.74) is 1.39. The van der Waals surface area contributed by atoms with Crippen LogP contribution >= 0.6 is 0 Å². The number of aliphatic hydroxyl groups excluding tert-OH is 1. The molecule has 0 aliphatic carbocycles. The lowest BCUT2D eigenvalue weighted by Gasteiger charge is -2.41. The summed E-state index contributed by atoms with van der Waals surface area (Å²) in [7, 11) is 0. The number of hydrogen-bond donors (Lipinski definition) is 1. The summed E-state index contributed by atoms with van der Waals surface area (Å²) in [6.45, 7) is 8.46. The Hall–Kier alpha value is -1.69. The number of aliphatic hydroxyl groups is 1. The number of aryl methyl sites for hydroxylation is 1. The molecular weight excluding hydrogens is 312 g/mol. The summed E-state index contributed by atoms with van der Waals surface area (Å²) in [6, 6.07) is 11.1. The standard InChI is InChI=1S/C20H30N4O/c1-2-23-12-10-21-20(23)17-22-13-14-24(19(16-22)9-15-25)11-8-18-6-4-3-5-7-18/h3-7,10,12,19,25H,2,8-9,11,13-17H2,1H3. The lowest BCUT2D eigenvalue weighted by molar-refractivity contribution is 0.0544. The van der Waals surface area contributed by atoms with Gasteiger partial charge in [-0.3, -0.25) is 9.80 Å². The van der Waals surface area contributed by atoms with Gasteiger partial charge < -0.3 is 9.67 Å². The van der Waals surface area contributed by atoms with E-state index < -0.39 is 0 Å². The molecule has 1 atom stereocenters. The predicted molar refractivity (Wildman–Crippen MR) is 100 cm³/mol. The monoisotopic (exact) mass is 342 g/mol. The number of benzene rings is 1. The predicted octanol–water partition coefficient (Wildman–Crippen LogP) is 2.01. The van der Waals surface area contributed by atoms with Crippen molar-refractivity contribution in [2.45, 2.75) is 38.9 Å². The molecule has 1 unspecified atom stereocenters. The van der Waals surface area contributed by atoms with Gasteiger partial charge in [0.2, 0.25) is 0 Å². The lowest BCUT2D eigenvalue weighted by atomic mass is 10.1. The summed E-state index contributed by atoms with van der Waals surface area (Å²) < 4.78 is 2.21. The fraction of sp³-hybridized carbons (Fsp3) is 0.550. The van der Waals surface area contributed by atoms with Crippen LogP contribution in [0.25, 0.3) is 0 Å². The Bertz CT molecular complexity index is 628. The maximum absolute atomic E-state index is 9.49. The molecular formula is C20H30N4O. The van der Waals surface area contributed by atoms with Crippen molar-refractivity contribution in [2.24, 2.45) is 0 Å². The second-order valence-corrected chi connectivity index (χ2v) is 6.80. The molecule has 1 N–H and O–H groups in total. The molecule has 25 heavy (non-hydrogen) atoms. The van der Waals surface area contributed by atoms with E-state index in [9.17, 15) is 5.11 Å². The van der Waals surface area contributed by atoms with Crippen molar-refractivity contribution in [2.75, 3.05) is 32.8 Å². The molecule has 2 aromatic rings. The molecule has 5 heteroatoms. The van der Waals surface area contributed by atoms with E-state index >= 15 is 0 Å². The Kier molecular flexibility index (Phi) is 6.62. The van der Waals surface area contributed by atoms with Crippen LogP contribution in [0, 0.1) is 0 Å². The highest BCUT2D eigenvalue weighted by Crippen LogP contribution is 2.16. The van der Waals surface area contributed by atoms with Gasteiger partial charge in [-0.15, -0.1) is 0 Å². The number of aromatic nitrogens is 2. The number of piperazine rings is 1. The van der Waals surface area contributed by atoms with Crippen molar-refractivity contribution >= 4 is 0 Å². The molecule has 0 bridgehead atoms. The SMILES string of the molecule is CCn1ccnc1CN1CCN(CCc2ccccc2)C(CCO)C1. The molecule has 1 aromatic heterocycles. The van der Waals surface area contributed by atoms with E-state index in [1.54, 1.807) is 0 Å². The first-order chi connectivity index (χ1) is 12.3. The molecule has 1 aliphatic heterocycles.